The van der Waals surface area contributed by atoms with Gasteiger partial charge in [0.25, 0.3) is 15.9 Å². The van der Waals surface area contributed by atoms with E-state index in [2.05, 4.69) is 5.32 Å². The molecule has 39 heavy (non-hydrogen) atoms. The fourth-order valence-electron chi connectivity index (χ4n) is 3.60. The number of esters is 1. The number of halogens is 1. The molecule has 13 heteroatoms. The first-order valence-corrected chi connectivity index (χ1v) is 14.6. The number of benzene rings is 2. The van der Waals surface area contributed by atoms with E-state index in [4.69, 9.17) is 9.47 Å². The Morgan fingerprint density at radius 2 is 1.69 bits per heavy atom. The molecule has 0 spiro atoms. The third kappa shape index (κ3) is 7.93. The van der Waals surface area contributed by atoms with E-state index in [-0.39, 0.29) is 17.1 Å². The van der Waals surface area contributed by atoms with E-state index in [0.717, 1.165) is 24.3 Å². The summed E-state index contributed by atoms with van der Waals surface area (Å²) in [5.74, 6) is -1.60. The largest absolute Gasteiger partial charge is 0.458 e. The van der Waals surface area contributed by atoms with Gasteiger partial charge in [-0.25, -0.2) is 26.7 Å². The average Bonchev–Trinajstić information content (AvgIpc) is 3.39. The van der Waals surface area contributed by atoms with Gasteiger partial charge in [-0.15, -0.1) is 11.8 Å². The van der Waals surface area contributed by atoms with E-state index in [1.807, 2.05) is 0 Å². The third-order valence-corrected chi connectivity index (χ3v) is 8.37. The number of nitrogens with zero attached hydrogens (tertiary/aromatic N) is 2. The van der Waals surface area contributed by atoms with Crippen LogP contribution in [0.4, 0.5) is 9.18 Å². The lowest BCUT2D eigenvalue weighted by atomic mass is 10.0. The van der Waals surface area contributed by atoms with Crippen molar-refractivity contribution in [1.29, 1.82) is 0 Å². The lowest BCUT2D eigenvalue weighted by molar-refractivity contribution is -0.161. The molecule has 1 N–H and O–H groups in total. The number of hydrogen-bond donors (Lipinski definition) is 1. The molecule has 0 radical (unpaired) electrons. The van der Waals surface area contributed by atoms with Crippen LogP contribution in [0, 0.1) is 5.82 Å². The van der Waals surface area contributed by atoms with E-state index >= 15 is 0 Å². The summed E-state index contributed by atoms with van der Waals surface area (Å²) in [7, 11) is -1.55. The Balaban J connectivity index is 2.06. The minimum absolute atomic E-state index is 0.222. The van der Waals surface area contributed by atoms with Gasteiger partial charge in [-0.3, -0.25) is 10.1 Å². The smallest absolute Gasteiger partial charge is 0.414 e. The van der Waals surface area contributed by atoms with E-state index < -0.39 is 50.8 Å². The van der Waals surface area contributed by atoms with Gasteiger partial charge in [-0.05, 0) is 62.7 Å². The normalized spacial score (nSPS) is 16.3. The van der Waals surface area contributed by atoms with E-state index in [0.29, 0.717) is 22.2 Å². The number of ether oxygens (including phenoxy) is 2. The van der Waals surface area contributed by atoms with Crippen molar-refractivity contribution >= 4 is 39.8 Å². The first-order chi connectivity index (χ1) is 18.2. The van der Waals surface area contributed by atoms with Crippen molar-refractivity contribution in [2.24, 2.45) is 0 Å². The van der Waals surface area contributed by atoms with Gasteiger partial charge in [0.05, 0.1) is 4.90 Å². The van der Waals surface area contributed by atoms with Gasteiger partial charge < -0.3 is 14.4 Å². The highest BCUT2D eigenvalue weighted by Crippen LogP contribution is 2.28. The molecule has 0 unspecified atom stereocenters. The highest BCUT2D eigenvalue weighted by molar-refractivity contribution is 8.01. The van der Waals surface area contributed by atoms with Gasteiger partial charge in [-0.2, -0.15) is 0 Å². The maximum Gasteiger partial charge on any atom is 0.414 e. The molecule has 1 heterocycles. The van der Waals surface area contributed by atoms with Crippen LogP contribution in [0.5, 0.6) is 5.75 Å². The number of thioether (sulfide) groups is 1. The molecule has 10 nitrogen and oxygen atoms in total. The van der Waals surface area contributed by atoms with Crippen LogP contribution in [0.25, 0.3) is 0 Å². The van der Waals surface area contributed by atoms with Gasteiger partial charge in [0, 0.05) is 32.8 Å². The van der Waals surface area contributed by atoms with Gasteiger partial charge in [0.1, 0.15) is 28.6 Å². The second-order valence-corrected chi connectivity index (χ2v) is 13.0. The first-order valence-electron chi connectivity index (χ1n) is 12.1. The van der Waals surface area contributed by atoms with Gasteiger partial charge in [0.15, 0.2) is 0 Å². The zero-order chi connectivity index (χ0) is 29.0. The second kappa shape index (κ2) is 12.3. The van der Waals surface area contributed by atoms with Crippen molar-refractivity contribution in [3.05, 3.63) is 59.9 Å². The molecule has 1 aliphatic heterocycles. The van der Waals surface area contributed by atoms with Crippen LogP contribution >= 0.6 is 11.8 Å². The number of rotatable bonds is 8. The molecule has 1 aliphatic rings. The molecule has 1 fully saturated rings. The molecule has 2 atom stereocenters. The number of amides is 2. The maximum absolute atomic E-state index is 13.9. The van der Waals surface area contributed by atoms with Crippen LogP contribution in [0.3, 0.4) is 0 Å². The minimum Gasteiger partial charge on any atom is -0.458 e. The van der Waals surface area contributed by atoms with Crippen molar-refractivity contribution in [2.75, 3.05) is 26.4 Å². The molecule has 1 saturated heterocycles. The molecule has 0 aliphatic carbocycles. The molecule has 0 saturated carbocycles. The summed E-state index contributed by atoms with van der Waals surface area (Å²) in [5.41, 5.74) is -0.497. The topological polar surface area (TPSA) is 122 Å². The van der Waals surface area contributed by atoms with E-state index in [1.54, 1.807) is 32.9 Å². The Kier molecular flexibility index (Phi) is 9.62. The molecule has 2 aromatic rings. The molecule has 2 aromatic carbocycles. The standard InChI is InChI=1S/C26H32FN3O7S2/c1-26(2,3)37-24(32)21(16-17-6-10-19(11-7-17)36-25(33)29(4)5)30(23(31)22-28-14-15-38-22)39(34,35)20-12-8-18(27)9-13-20/h6-13,21-22,28H,14-16H2,1-5H3/t21-,22-/m0/s1. The van der Waals surface area contributed by atoms with Gasteiger partial charge >= 0.3 is 12.1 Å². The average molecular weight is 582 g/mol. The van der Waals surface area contributed by atoms with Gasteiger partial charge in [0.2, 0.25) is 0 Å². The number of hydrogen-bond acceptors (Lipinski definition) is 9. The fraction of sp³-hybridized carbons (Fsp3) is 0.423. The summed E-state index contributed by atoms with van der Waals surface area (Å²) in [6.45, 7) is 5.37. The predicted molar refractivity (Wildman–Crippen MR) is 144 cm³/mol. The first kappa shape index (κ1) is 30.4. The Labute approximate surface area is 231 Å². The summed E-state index contributed by atoms with van der Waals surface area (Å²) in [6.07, 6.45) is -0.807. The molecule has 0 aromatic heterocycles. The quantitative estimate of drug-likeness (QED) is 0.469. The highest BCUT2D eigenvalue weighted by atomic mass is 32.2. The van der Waals surface area contributed by atoms with E-state index in [9.17, 15) is 27.2 Å². The molecule has 0 bridgehead atoms. The lowest BCUT2D eigenvalue weighted by Crippen LogP contribution is -2.55. The van der Waals surface area contributed by atoms with Crippen molar-refractivity contribution in [3.63, 3.8) is 0 Å². The maximum atomic E-state index is 13.9. The SMILES string of the molecule is CN(C)C(=O)Oc1ccc(C[C@@H](C(=O)OC(C)(C)C)N(C(=O)[C@H]2NCCS2)S(=O)(=O)c2ccc(F)cc2)cc1. The number of carbonyl (C=O) groups is 3. The summed E-state index contributed by atoms with van der Waals surface area (Å²) in [6, 6.07) is 8.56. The fourth-order valence-corrected chi connectivity index (χ4v) is 6.18. The number of sulfonamides is 1. The van der Waals surface area contributed by atoms with Crippen molar-refractivity contribution < 1.29 is 36.7 Å². The Bertz CT molecular complexity index is 1290. The van der Waals surface area contributed by atoms with Crippen molar-refractivity contribution in [3.8, 4) is 5.75 Å². The highest BCUT2D eigenvalue weighted by Gasteiger charge is 2.44. The van der Waals surface area contributed by atoms with Crippen LogP contribution < -0.4 is 10.1 Å². The summed E-state index contributed by atoms with van der Waals surface area (Å²) < 4.78 is 52.6. The Morgan fingerprint density at radius 3 is 2.21 bits per heavy atom. The summed E-state index contributed by atoms with van der Waals surface area (Å²) in [5, 5.41) is 2.05. The predicted octanol–water partition coefficient (Wildman–Crippen LogP) is 3.02. The zero-order valence-corrected chi connectivity index (χ0v) is 24.0. The van der Waals surface area contributed by atoms with Crippen LogP contribution in [0.15, 0.2) is 53.4 Å². The lowest BCUT2D eigenvalue weighted by Gasteiger charge is -2.33. The molecule has 2 amide bonds. The van der Waals surface area contributed by atoms with Gasteiger partial charge in [-0.1, -0.05) is 12.1 Å². The molecule has 3 rings (SSSR count). The Hall–Kier alpha value is -3.16. The minimum atomic E-state index is -4.62. The number of nitrogens with one attached hydrogen (secondary N) is 1. The monoisotopic (exact) mass is 581 g/mol. The van der Waals surface area contributed by atoms with Crippen molar-refractivity contribution in [2.45, 2.75) is 49.1 Å². The van der Waals surface area contributed by atoms with E-state index in [1.165, 1.54) is 42.9 Å². The van der Waals surface area contributed by atoms with Crippen molar-refractivity contribution in [1.82, 2.24) is 14.5 Å². The second-order valence-electron chi connectivity index (χ2n) is 9.96. The van der Waals surface area contributed by atoms with Crippen LogP contribution in [0.2, 0.25) is 0 Å². The van der Waals surface area contributed by atoms with Crippen LogP contribution in [0.1, 0.15) is 26.3 Å². The van der Waals surface area contributed by atoms with Crippen LogP contribution in [-0.2, 0) is 30.8 Å². The molecular formula is C26H32FN3O7S2. The van der Waals surface area contributed by atoms with Crippen LogP contribution in [-0.4, -0.2) is 79.0 Å². The Morgan fingerprint density at radius 1 is 1.08 bits per heavy atom. The molecular weight excluding hydrogens is 549 g/mol. The summed E-state index contributed by atoms with van der Waals surface area (Å²) in [4.78, 5) is 40.0. The third-order valence-electron chi connectivity index (χ3n) is 5.41. The molecule has 212 valence electrons. The zero-order valence-electron chi connectivity index (χ0n) is 22.3. The number of carbonyl (C=O) groups excluding carboxylic acids is 3. The summed E-state index contributed by atoms with van der Waals surface area (Å²) >= 11 is 1.22.